The molecular formula is C14H17Cl2NO2. The van der Waals surface area contributed by atoms with Crippen LogP contribution in [0.4, 0.5) is 0 Å². The summed E-state index contributed by atoms with van der Waals surface area (Å²) in [6, 6.07) is 5.16. The Kier molecular flexibility index (Phi) is 5.39. The Morgan fingerprint density at radius 3 is 2.47 bits per heavy atom. The Morgan fingerprint density at radius 2 is 2.00 bits per heavy atom. The summed E-state index contributed by atoms with van der Waals surface area (Å²) in [7, 11) is 0. The highest BCUT2D eigenvalue weighted by Crippen LogP contribution is 2.20. The van der Waals surface area contributed by atoms with E-state index >= 15 is 0 Å². The van der Waals surface area contributed by atoms with E-state index in [2.05, 4.69) is 5.32 Å². The minimum atomic E-state index is -0.965. The molecule has 1 unspecified atom stereocenters. The maximum Gasteiger partial charge on any atom is 0.253 e. The van der Waals surface area contributed by atoms with Gasteiger partial charge in [0.25, 0.3) is 5.91 Å². The van der Waals surface area contributed by atoms with Gasteiger partial charge in [-0.2, -0.15) is 0 Å². The van der Waals surface area contributed by atoms with Crippen LogP contribution in [0.2, 0.25) is 5.02 Å². The van der Waals surface area contributed by atoms with Gasteiger partial charge in [0.15, 0.2) is 5.78 Å². The van der Waals surface area contributed by atoms with E-state index in [1.807, 2.05) is 13.8 Å². The summed E-state index contributed by atoms with van der Waals surface area (Å²) in [5.74, 6) is -0.715. The fourth-order valence-corrected chi connectivity index (χ4v) is 2.24. The lowest BCUT2D eigenvalue weighted by molar-refractivity contribution is -0.122. The molecule has 0 aromatic heterocycles. The van der Waals surface area contributed by atoms with Crippen molar-refractivity contribution in [3.63, 3.8) is 0 Å². The van der Waals surface area contributed by atoms with Crippen molar-refractivity contribution in [1.82, 2.24) is 5.32 Å². The molecule has 1 atom stereocenters. The van der Waals surface area contributed by atoms with Crippen LogP contribution in [0.25, 0.3) is 0 Å². The zero-order valence-electron chi connectivity index (χ0n) is 11.2. The van der Waals surface area contributed by atoms with Gasteiger partial charge in [0, 0.05) is 0 Å². The number of aryl methyl sites for hydroxylation is 1. The van der Waals surface area contributed by atoms with E-state index in [1.54, 1.807) is 25.1 Å². The molecular weight excluding hydrogens is 285 g/mol. The van der Waals surface area contributed by atoms with Gasteiger partial charge in [0.1, 0.15) is 0 Å². The largest absolute Gasteiger partial charge is 0.340 e. The third-order valence-electron chi connectivity index (χ3n) is 3.20. The van der Waals surface area contributed by atoms with Crippen LogP contribution in [-0.4, -0.2) is 23.1 Å². The van der Waals surface area contributed by atoms with Crippen LogP contribution in [-0.2, 0) is 4.79 Å². The molecule has 1 amide bonds. The molecule has 0 aliphatic carbocycles. The Morgan fingerprint density at radius 1 is 1.37 bits per heavy atom. The number of nitrogens with one attached hydrogen (secondary N) is 1. The lowest BCUT2D eigenvalue weighted by atomic mass is 9.93. The number of carbonyl (C=O) groups excluding carboxylic acids is 2. The molecule has 19 heavy (non-hydrogen) atoms. The van der Waals surface area contributed by atoms with Crippen molar-refractivity contribution in [1.29, 1.82) is 0 Å². The second kappa shape index (κ2) is 6.40. The van der Waals surface area contributed by atoms with Gasteiger partial charge in [-0.05, 0) is 38.0 Å². The molecule has 0 saturated carbocycles. The van der Waals surface area contributed by atoms with E-state index in [4.69, 9.17) is 23.2 Å². The maximum atomic E-state index is 12.2. The highest BCUT2D eigenvalue weighted by Gasteiger charge is 2.32. The fourth-order valence-electron chi connectivity index (χ4n) is 1.62. The average molecular weight is 302 g/mol. The van der Waals surface area contributed by atoms with Crippen LogP contribution in [0.3, 0.4) is 0 Å². The molecule has 0 bridgehead atoms. The van der Waals surface area contributed by atoms with Crippen molar-refractivity contribution in [2.24, 2.45) is 0 Å². The molecule has 1 aromatic rings. The third kappa shape index (κ3) is 3.71. The summed E-state index contributed by atoms with van der Waals surface area (Å²) in [6.45, 7) is 5.37. The third-order valence-corrected chi connectivity index (χ3v) is 3.76. The Hall–Kier alpha value is -1.06. The summed E-state index contributed by atoms with van der Waals surface area (Å²) >= 11 is 11.6. The number of hydrogen-bond acceptors (Lipinski definition) is 2. The minimum absolute atomic E-state index is 0.133. The number of alkyl halides is 1. The second-order valence-electron chi connectivity index (χ2n) is 4.68. The molecule has 0 spiro atoms. The van der Waals surface area contributed by atoms with Crippen LogP contribution in [0.5, 0.6) is 0 Å². The van der Waals surface area contributed by atoms with Crippen LogP contribution >= 0.6 is 23.2 Å². The fraction of sp³-hybridized carbons (Fsp3) is 0.429. The molecule has 3 nitrogen and oxygen atoms in total. The average Bonchev–Trinajstić information content (AvgIpc) is 2.37. The van der Waals surface area contributed by atoms with E-state index in [9.17, 15) is 9.59 Å². The van der Waals surface area contributed by atoms with Crippen molar-refractivity contribution < 1.29 is 9.59 Å². The number of Topliss-reactive ketones (excluding diaryl/α,β-unsaturated/α-hetero) is 1. The molecule has 0 aliphatic rings. The van der Waals surface area contributed by atoms with Crippen molar-refractivity contribution in [3.05, 3.63) is 34.3 Å². The van der Waals surface area contributed by atoms with Gasteiger partial charge in [-0.1, -0.05) is 24.6 Å². The van der Waals surface area contributed by atoms with Crippen molar-refractivity contribution in [2.45, 2.75) is 32.7 Å². The molecule has 0 saturated heterocycles. The van der Waals surface area contributed by atoms with Gasteiger partial charge < -0.3 is 5.32 Å². The van der Waals surface area contributed by atoms with E-state index in [0.29, 0.717) is 17.0 Å². The quantitative estimate of drug-likeness (QED) is 0.848. The van der Waals surface area contributed by atoms with Crippen molar-refractivity contribution in [2.75, 3.05) is 5.88 Å². The van der Waals surface area contributed by atoms with E-state index < -0.39 is 5.54 Å². The summed E-state index contributed by atoms with van der Waals surface area (Å²) < 4.78 is 0. The SMILES string of the molecule is CCC(C)(NC(=O)c1ccc(C)cc1Cl)C(=O)CCl. The first-order valence-electron chi connectivity index (χ1n) is 6.02. The Labute approximate surface area is 123 Å². The number of ketones is 1. The molecule has 1 rings (SSSR count). The normalized spacial score (nSPS) is 13.7. The number of benzene rings is 1. The highest BCUT2D eigenvalue weighted by atomic mass is 35.5. The van der Waals surface area contributed by atoms with Gasteiger partial charge in [0.05, 0.1) is 22.0 Å². The first-order valence-corrected chi connectivity index (χ1v) is 6.93. The zero-order chi connectivity index (χ0) is 14.6. The van der Waals surface area contributed by atoms with Crippen LogP contribution < -0.4 is 5.32 Å². The summed E-state index contributed by atoms with van der Waals surface area (Å²) in [5, 5.41) is 3.08. The number of halogens is 2. The number of amides is 1. The molecule has 104 valence electrons. The predicted octanol–water partition coefficient (Wildman–Crippen LogP) is 3.35. The summed E-state index contributed by atoms with van der Waals surface area (Å²) in [4.78, 5) is 24.0. The predicted molar refractivity (Wildman–Crippen MR) is 78.1 cm³/mol. The zero-order valence-corrected chi connectivity index (χ0v) is 12.7. The first kappa shape index (κ1) is 16.0. The molecule has 0 radical (unpaired) electrons. The van der Waals surface area contributed by atoms with Gasteiger partial charge >= 0.3 is 0 Å². The van der Waals surface area contributed by atoms with Gasteiger partial charge in [0.2, 0.25) is 0 Å². The Bertz CT molecular complexity index is 502. The van der Waals surface area contributed by atoms with Gasteiger partial charge in [-0.25, -0.2) is 0 Å². The van der Waals surface area contributed by atoms with E-state index in [-0.39, 0.29) is 17.6 Å². The van der Waals surface area contributed by atoms with Crippen LogP contribution in [0, 0.1) is 6.92 Å². The monoisotopic (exact) mass is 301 g/mol. The van der Waals surface area contributed by atoms with Gasteiger partial charge in [-0.3, -0.25) is 9.59 Å². The van der Waals surface area contributed by atoms with Crippen LogP contribution in [0.15, 0.2) is 18.2 Å². The molecule has 1 aromatic carbocycles. The van der Waals surface area contributed by atoms with E-state index in [0.717, 1.165) is 5.56 Å². The number of carbonyl (C=O) groups is 2. The number of hydrogen-bond donors (Lipinski definition) is 1. The first-order chi connectivity index (χ1) is 8.84. The molecule has 5 heteroatoms. The topological polar surface area (TPSA) is 46.2 Å². The highest BCUT2D eigenvalue weighted by molar-refractivity contribution is 6.34. The second-order valence-corrected chi connectivity index (χ2v) is 5.35. The lowest BCUT2D eigenvalue weighted by Gasteiger charge is -2.27. The lowest BCUT2D eigenvalue weighted by Crippen LogP contribution is -2.52. The smallest absolute Gasteiger partial charge is 0.253 e. The molecule has 0 aliphatic heterocycles. The van der Waals surface area contributed by atoms with Crippen LogP contribution in [0.1, 0.15) is 36.2 Å². The standard InChI is InChI=1S/C14H17Cl2NO2/c1-4-14(3,12(18)8-15)17-13(19)10-6-5-9(2)7-11(10)16/h5-7H,4,8H2,1-3H3,(H,17,19). The molecule has 1 N–H and O–H groups in total. The van der Waals surface area contributed by atoms with Crippen molar-refractivity contribution >= 4 is 34.9 Å². The van der Waals surface area contributed by atoms with Crippen molar-refractivity contribution in [3.8, 4) is 0 Å². The number of rotatable bonds is 5. The van der Waals surface area contributed by atoms with Gasteiger partial charge in [-0.15, -0.1) is 11.6 Å². The van der Waals surface area contributed by atoms with E-state index in [1.165, 1.54) is 0 Å². The molecule has 0 heterocycles. The summed E-state index contributed by atoms with van der Waals surface area (Å²) in [6.07, 6.45) is 0.466. The maximum absolute atomic E-state index is 12.2. The Balaban J connectivity index is 2.98. The summed E-state index contributed by atoms with van der Waals surface area (Å²) in [5.41, 5.74) is 0.360. The molecule has 0 fully saturated rings. The minimum Gasteiger partial charge on any atom is -0.340 e.